The van der Waals surface area contributed by atoms with E-state index in [4.69, 9.17) is 0 Å². The van der Waals surface area contributed by atoms with Gasteiger partial charge in [0.2, 0.25) is 23.2 Å². The van der Waals surface area contributed by atoms with Crippen molar-refractivity contribution < 1.29 is 49.7 Å². The second-order valence-corrected chi connectivity index (χ2v) is 18.5. The number of hydrogen-bond donors (Lipinski definition) is 2. The van der Waals surface area contributed by atoms with Crippen LogP contribution in [0.3, 0.4) is 0 Å². The van der Waals surface area contributed by atoms with Crippen molar-refractivity contribution in [3.05, 3.63) is 107 Å². The van der Waals surface area contributed by atoms with Crippen molar-refractivity contribution >= 4 is 93.5 Å². The Hall–Kier alpha value is -5.87. The molecule has 3 aliphatic rings. The number of carbonyl (C=O) groups is 4. The van der Waals surface area contributed by atoms with Gasteiger partial charge >= 0.3 is 10.1 Å². The van der Waals surface area contributed by atoms with Gasteiger partial charge in [0, 0.05) is 58.9 Å². The minimum absolute atomic E-state index is 0.00951. The molecule has 4 aromatic carbocycles. The van der Waals surface area contributed by atoms with Crippen LogP contribution in [0.25, 0.3) is 38.5 Å². The highest BCUT2D eigenvalue weighted by Crippen LogP contribution is 2.45. The van der Waals surface area contributed by atoms with E-state index in [1.165, 1.54) is 6.07 Å². The van der Waals surface area contributed by atoms with E-state index >= 15 is 0 Å². The molecule has 2 amide bonds. The van der Waals surface area contributed by atoms with Crippen LogP contribution in [0.5, 0.6) is 0 Å². The SMILES string of the molecule is CCCC(=O)C1(C(=O)CN2C(=O)CCC2=O)CC(/C=C/C2=[N+](CC)c3c(S(=O)(=O)O)cc(S(=O)(=O)O)c4cccc2c34)=CC(=C/C=c2c3cccc4cccc(c43)n2CC)/C1. The summed E-state index contributed by atoms with van der Waals surface area (Å²) in [4.78, 5) is 54.2. The third kappa shape index (κ3) is 7.08. The van der Waals surface area contributed by atoms with Crippen molar-refractivity contribution in [1.29, 1.82) is 0 Å². The van der Waals surface area contributed by atoms with Crippen molar-refractivity contribution in [2.75, 3.05) is 13.1 Å². The Morgan fingerprint density at radius 3 is 2.13 bits per heavy atom. The molecule has 2 aliphatic heterocycles. The quantitative estimate of drug-likeness (QED) is 0.0580. The molecule has 13 nitrogen and oxygen atoms in total. The summed E-state index contributed by atoms with van der Waals surface area (Å²) in [6, 6.07) is 17.7. The Balaban J connectivity index is 1.32. The predicted octanol–water partition coefficient (Wildman–Crippen LogP) is 6.40. The van der Waals surface area contributed by atoms with Gasteiger partial charge in [-0.3, -0.25) is 33.2 Å². The number of likely N-dealkylation sites (tertiary alicyclic amines) is 1. The minimum Gasteiger partial charge on any atom is -0.341 e. The summed E-state index contributed by atoms with van der Waals surface area (Å²) in [5, 5.41) is 4.42. The summed E-state index contributed by atoms with van der Waals surface area (Å²) in [7, 11) is -9.95. The number of Topliss-reactive ketones (excluding diaryl/α,β-unsaturated/α-hetero) is 2. The van der Waals surface area contributed by atoms with Gasteiger partial charge in [-0.15, -0.1) is 0 Å². The Morgan fingerprint density at radius 1 is 0.803 bits per heavy atom. The van der Waals surface area contributed by atoms with Crippen LogP contribution in [-0.4, -0.2) is 82.2 Å². The molecule has 1 fully saturated rings. The van der Waals surface area contributed by atoms with Crippen molar-refractivity contribution in [2.24, 2.45) is 5.41 Å². The van der Waals surface area contributed by atoms with Crippen LogP contribution in [0.15, 0.2) is 106 Å². The smallest absolute Gasteiger partial charge is 0.301 e. The fourth-order valence-electron chi connectivity index (χ4n) is 9.42. The summed E-state index contributed by atoms with van der Waals surface area (Å²) in [5.74, 6) is -1.80. The number of imide groups is 1. The third-order valence-electron chi connectivity index (χ3n) is 12.1. The lowest BCUT2D eigenvalue weighted by molar-refractivity contribution is -0.433. The van der Waals surface area contributed by atoms with E-state index in [0.29, 0.717) is 35.4 Å². The van der Waals surface area contributed by atoms with Crippen LogP contribution in [0.1, 0.15) is 64.9 Å². The molecule has 1 unspecified atom stereocenters. The first-order valence-corrected chi connectivity index (χ1v) is 23.1. The lowest BCUT2D eigenvalue weighted by Crippen LogP contribution is -2.47. The number of allylic oxidation sites excluding steroid dienone is 6. The van der Waals surface area contributed by atoms with Gasteiger partial charge in [-0.1, -0.05) is 67.6 Å². The first-order chi connectivity index (χ1) is 29.0. The van der Waals surface area contributed by atoms with E-state index in [-0.39, 0.29) is 60.9 Å². The maximum Gasteiger partial charge on any atom is 0.301 e. The molecular formula is C46H44N3O10S2+. The van der Waals surface area contributed by atoms with Gasteiger partial charge in [0.1, 0.15) is 17.2 Å². The Kier molecular flexibility index (Phi) is 10.7. The number of hydrogen-bond acceptors (Lipinski definition) is 8. The van der Waals surface area contributed by atoms with Gasteiger partial charge in [0.25, 0.3) is 10.1 Å². The van der Waals surface area contributed by atoms with Gasteiger partial charge in [-0.25, -0.2) is 0 Å². The Bertz CT molecular complexity index is 3170. The van der Waals surface area contributed by atoms with Crippen molar-refractivity contribution in [3.8, 4) is 0 Å². The fourth-order valence-corrected chi connectivity index (χ4v) is 10.9. The molecule has 5 aromatic rings. The summed E-state index contributed by atoms with van der Waals surface area (Å²) in [6.07, 6.45) is 9.65. The molecule has 0 radical (unpaired) electrons. The molecule has 61 heavy (non-hydrogen) atoms. The molecular weight excluding hydrogens is 819 g/mol. The van der Waals surface area contributed by atoms with E-state index < -0.39 is 59.6 Å². The second kappa shape index (κ2) is 15.5. The third-order valence-corrected chi connectivity index (χ3v) is 13.9. The number of carbonyl (C=O) groups excluding carboxylic acids is 4. The van der Waals surface area contributed by atoms with Gasteiger partial charge in [-0.05, 0) is 73.9 Å². The monoisotopic (exact) mass is 862 g/mol. The number of aromatic nitrogens is 1. The number of rotatable bonds is 13. The molecule has 0 spiro atoms. The van der Waals surface area contributed by atoms with Gasteiger partial charge in [0.15, 0.2) is 10.7 Å². The average Bonchev–Trinajstić information content (AvgIpc) is 3.84. The maximum absolute atomic E-state index is 14.7. The number of benzene rings is 4. The molecule has 1 saturated heterocycles. The van der Waals surface area contributed by atoms with Crippen molar-refractivity contribution in [1.82, 2.24) is 9.47 Å². The zero-order valence-electron chi connectivity index (χ0n) is 33.8. The summed E-state index contributed by atoms with van der Waals surface area (Å²) >= 11 is 0. The van der Waals surface area contributed by atoms with Crippen LogP contribution in [0.4, 0.5) is 5.69 Å². The highest BCUT2D eigenvalue weighted by molar-refractivity contribution is 7.87. The van der Waals surface area contributed by atoms with E-state index in [9.17, 15) is 45.1 Å². The van der Waals surface area contributed by atoms with Crippen LogP contribution in [0.2, 0.25) is 0 Å². The molecule has 3 heterocycles. The van der Waals surface area contributed by atoms with Crippen molar-refractivity contribution in [3.63, 3.8) is 0 Å². The zero-order valence-corrected chi connectivity index (χ0v) is 35.5. The van der Waals surface area contributed by atoms with Crippen molar-refractivity contribution in [2.45, 2.75) is 75.6 Å². The number of aryl methyl sites for hydroxylation is 1. The van der Waals surface area contributed by atoms with E-state index in [0.717, 1.165) is 38.0 Å². The van der Waals surface area contributed by atoms with Crippen LogP contribution in [-0.2, 0) is 46.0 Å². The molecule has 1 aromatic heterocycles. The topological polar surface area (TPSA) is 188 Å². The minimum atomic E-state index is -5.01. The molecule has 8 rings (SSSR count). The standard InChI is InChI=1S/C46H43N3O10S2/c1-4-10-39(50)46(40(51)27-49-41(52)21-22-42(49)53)25-28(17-19-34-31-13-7-11-30-12-8-16-36(43(30)31)47(34)5-2)23-29(26-46)18-20-35-32-14-9-15-33-37(60(54,55)56)24-38(61(57,58)59)45(44(32)33)48(35)6-3/h7-9,11-20,23-24H,4-6,10,21-22,25-27H2,1-3H3,(H-,54,55,56,57,58,59)/p+1. The lowest BCUT2D eigenvalue weighted by Gasteiger charge is -2.36. The van der Waals surface area contributed by atoms with Crippen LogP contribution in [0, 0.1) is 5.41 Å². The molecule has 0 bridgehead atoms. The Morgan fingerprint density at radius 2 is 1.48 bits per heavy atom. The highest BCUT2D eigenvalue weighted by atomic mass is 32.2. The van der Waals surface area contributed by atoms with Crippen LogP contribution < -0.4 is 5.35 Å². The number of ketones is 2. The van der Waals surface area contributed by atoms with Gasteiger partial charge in [0.05, 0.1) is 22.9 Å². The second-order valence-electron chi connectivity index (χ2n) is 15.7. The molecule has 0 saturated carbocycles. The lowest BCUT2D eigenvalue weighted by atomic mass is 9.65. The van der Waals surface area contributed by atoms with E-state index in [2.05, 4.69) is 35.8 Å². The number of nitrogens with zero attached hydrogens (tertiary/aromatic N) is 3. The van der Waals surface area contributed by atoms with Crippen LogP contribution >= 0.6 is 0 Å². The molecule has 2 N–H and O–H groups in total. The summed E-state index contributed by atoms with van der Waals surface area (Å²) < 4.78 is 74.9. The number of amides is 2. The zero-order chi connectivity index (χ0) is 43.6. The summed E-state index contributed by atoms with van der Waals surface area (Å²) in [6.45, 7) is 5.96. The molecule has 314 valence electrons. The highest BCUT2D eigenvalue weighted by Gasteiger charge is 2.48. The van der Waals surface area contributed by atoms with E-state index in [1.807, 2.05) is 37.3 Å². The predicted molar refractivity (Wildman–Crippen MR) is 231 cm³/mol. The largest absolute Gasteiger partial charge is 0.341 e. The fraction of sp³-hybridized carbons (Fsp3) is 0.283. The maximum atomic E-state index is 14.7. The van der Waals surface area contributed by atoms with E-state index in [1.54, 1.807) is 35.8 Å². The summed E-state index contributed by atoms with van der Waals surface area (Å²) in [5.41, 5.74) is 1.51. The molecule has 1 atom stereocenters. The molecule has 1 aliphatic carbocycles. The first-order valence-electron chi connectivity index (χ1n) is 20.2. The first kappa shape index (κ1) is 41.8. The Labute approximate surface area is 352 Å². The van der Waals surface area contributed by atoms with Gasteiger partial charge < -0.3 is 4.57 Å². The average molecular weight is 863 g/mol. The van der Waals surface area contributed by atoms with Gasteiger partial charge in [-0.2, -0.15) is 21.4 Å². The normalized spacial score (nSPS) is 19.6. The molecule has 15 heteroatoms.